The Balaban J connectivity index is 0.000000194. The van der Waals surface area contributed by atoms with Gasteiger partial charge in [0, 0.05) is 56.0 Å². The monoisotopic (exact) mass is 867 g/mol. The maximum atomic E-state index is 12.5. The second kappa shape index (κ2) is 22.5. The van der Waals surface area contributed by atoms with Crippen LogP contribution in [0.1, 0.15) is 91.5 Å². The molecule has 10 nitrogen and oxygen atoms in total. The largest absolute Gasteiger partial charge is 0.508 e. The molecule has 0 fully saturated rings. The Hall–Kier alpha value is -7.06. The summed E-state index contributed by atoms with van der Waals surface area (Å²) in [7, 11) is 0. The van der Waals surface area contributed by atoms with Crippen LogP contribution >= 0.6 is 0 Å². The number of unbranched alkanes of at least 4 members (excludes halogenated alkanes) is 2. The third kappa shape index (κ3) is 13.0. The van der Waals surface area contributed by atoms with Crippen LogP contribution in [0.3, 0.4) is 0 Å². The lowest BCUT2D eigenvalue weighted by molar-refractivity contribution is 0.0944. The third-order valence-corrected chi connectivity index (χ3v) is 12.2. The number of ketones is 1. The second-order valence-electron chi connectivity index (χ2n) is 16.9. The molecular formula is C55H57N5O5. The average molecular weight is 868 g/mol. The molecule has 0 aliphatic carbocycles. The van der Waals surface area contributed by atoms with Crippen molar-refractivity contribution in [2.45, 2.75) is 58.5 Å². The molecule has 0 saturated carbocycles. The zero-order chi connectivity index (χ0) is 45.5. The van der Waals surface area contributed by atoms with Gasteiger partial charge < -0.3 is 20.8 Å². The highest BCUT2D eigenvalue weighted by atomic mass is 16.3. The number of hydrogen-bond donors (Lipinski definition) is 4. The van der Waals surface area contributed by atoms with E-state index in [1.54, 1.807) is 31.2 Å². The summed E-state index contributed by atoms with van der Waals surface area (Å²) >= 11 is 0. The van der Waals surface area contributed by atoms with Crippen LogP contribution in [0.4, 0.5) is 0 Å². The first-order chi connectivity index (χ1) is 31.6. The van der Waals surface area contributed by atoms with Crippen LogP contribution in [0.25, 0.3) is 22.3 Å². The fourth-order valence-corrected chi connectivity index (χ4v) is 8.38. The highest BCUT2D eigenvalue weighted by Gasteiger charge is 2.18. The van der Waals surface area contributed by atoms with Crippen molar-refractivity contribution in [3.05, 3.63) is 178 Å². The van der Waals surface area contributed by atoms with Gasteiger partial charge in [0.1, 0.15) is 11.5 Å². The van der Waals surface area contributed by atoms with Gasteiger partial charge in [-0.25, -0.2) is 0 Å². The Morgan fingerprint density at radius 3 is 1.29 bits per heavy atom. The number of benzene rings is 6. The lowest BCUT2D eigenvalue weighted by Crippen LogP contribution is -2.32. The van der Waals surface area contributed by atoms with Crippen LogP contribution in [0.5, 0.6) is 11.5 Å². The Morgan fingerprint density at radius 1 is 0.523 bits per heavy atom. The predicted molar refractivity (Wildman–Crippen MR) is 256 cm³/mol. The molecule has 0 saturated heterocycles. The molecule has 4 N–H and O–H groups in total. The van der Waals surface area contributed by atoms with E-state index in [1.165, 1.54) is 22.3 Å². The maximum Gasteiger partial charge on any atom is 0.251 e. The molecule has 2 aliphatic heterocycles. The third-order valence-electron chi connectivity index (χ3n) is 12.2. The number of amides is 2. The maximum absolute atomic E-state index is 12.5. The van der Waals surface area contributed by atoms with Crippen molar-refractivity contribution >= 4 is 17.6 Å². The van der Waals surface area contributed by atoms with Crippen molar-refractivity contribution in [2.24, 2.45) is 0 Å². The number of Topliss-reactive ketones (excluding diaryl/α,β-unsaturated/α-hetero) is 1. The minimum Gasteiger partial charge on any atom is -0.508 e. The molecule has 332 valence electrons. The summed E-state index contributed by atoms with van der Waals surface area (Å²) in [6, 6.07) is 43.4. The molecule has 0 radical (unpaired) electrons. The molecule has 0 aromatic heterocycles. The van der Waals surface area contributed by atoms with Crippen molar-refractivity contribution in [3.8, 4) is 39.8 Å². The van der Waals surface area contributed by atoms with Gasteiger partial charge in [-0.05, 0) is 164 Å². The summed E-state index contributed by atoms with van der Waals surface area (Å²) in [6.45, 7) is 8.67. The molecule has 0 atom stereocenters. The van der Waals surface area contributed by atoms with E-state index in [-0.39, 0.29) is 17.6 Å². The average Bonchev–Trinajstić information content (AvgIpc) is 3.33. The molecule has 2 amide bonds. The zero-order valence-corrected chi connectivity index (χ0v) is 37.1. The minimum absolute atomic E-state index is 0.0510. The summed E-state index contributed by atoms with van der Waals surface area (Å²) in [5.41, 5.74) is 11.8. The van der Waals surface area contributed by atoms with E-state index in [0.29, 0.717) is 46.8 Å². The highest BCUT2D eigenvalue weighted by molar-refractivity contribution is 5.96. The van der Waals surface area contributed by atoms with Gasteiger partial charge in [-0.1, -0.05) is 72.8 Å². The van der Waals surface area contributed by atoms with E-state index in [1.807, 2.05) is 109 Å². The summed E-state index contributed by atoms with van der Waals surface area (Å²) in [5, 5.41) is 34.3. The molecule has 2 aliphatic rings. The molecule has 2 heterocycles. The Bertz CT molecular complexity index is 2600. The predicted octanol–water partition coefficient (Wildman–Crippen LogP) is 9.33. The standard InChI is InChI=1S/C28H30N2O3.C27H27N3O2/c1-20(31)21-4-6-22(7-5-21)23-8-10-25(11-9-23)28(33)29-15-2-3-16-30-17-14-24-12-13-27(32)18-26(24)19-30;28-18-20-3-5-21(6-4-20)22-7-9-24(10-8-22)27(32)29-14-1-2-15-30-16-13-23-11-12-26(31)17-25(23)19-30/h4-13,18,32H,2-3,14-17,19H2,1H3,(H,29,33);3-12,17,31H,1-2,13-16,19H2,(H,29,32). The number of nitrogens with one attached hydrogen (secondary N) is 2. The van der Waals surface area contributed by atoms with Crippen LogP contribution in [0, 0.1) is 11.3 Å². The molecular weight excluding hydrogens is 811 g/mol. The number of nitrogens with zero attached hydrogens (tertiary/aromatic N) is 3. The number of hydrogen-bond acceptors (Lipinski definition) is 8. The van der Waals surface area contributed by atoms with Gasteiger partial charge in [0.2, 0.25) is 0 Å². The molecule has 0 bridgehead atoms. The molecule has 0 spiro atoms. The van der Waals surface area contributed by atoms with Crippen LogP contribution in [0.2, 0.25) is 0 Å². The van der Waals surface area contributed by atoms with Crippen LogP contribution < -0.4 is 10.6 Å². The lowest BCUT2D eigenvalue weighted by atomic mass is 9.99. The lowest BCUT2D eigenvalue weighted by Gasteiger charge is -2.28. The van der Waals surface area contributed by atoms with E-state index in [4.69, 9.17) is 5.26 Å². The quantitative estimate of drug-likeness (QED) is 0.0591. The van der Waals surface area contributed by atoms with Crippen molar-refractivity contribution in [1.82, 2.24) is 20.4 Å². The van der Waals surface area contributed by atoms with Gasteiger partial charge in [-0.15, -0.1) is 0 Å². The number of aromatic hydroxyl groups is 2. The van der Waals surface area contributed by atoms with Crippen molar-refractivity contribution < 1.29 is 24.6 Å². The van der Waals surface area contributed by atoms with E-state index >= 15 is 0 Å². The summed E-state index contributed by atoms with van der Waals surface area (Å²) < 4.78 is 0. The zero-order valence-electron chi connectivity index (χ0n) is 37.1. The Labute approximate surface area is 382 Å². The van der Waals surface area contributed by atoms with Crippen molar-refractivity contribution in [1.29, 1.82) is 5.26 Å². The first-order valence-corrected chi connectivity index (χ1v) is 22.6. The highest BCUT2D eigenvalue weighted by Crippen LogP contribution is 2.26. The van der Waals surface area contributed by atoms with E-state index in [0.717, 1.165) is 100 Å². The second-order valence-corrected chi connectivity index (χ2v) is 16.9. The number of phenols is 2. The normalized spacial score (nSPS) is 13.3. The van der Waals surface area contributed by atoms with Gasteiger partial charge >= 0.3 is 0 Å². The van der Waals surface area contributed by atoms with Gasteiger partial charge in [0.05, 0.1) is 11.6 Å². The number of phenolic OH excluding ortho intramolecular Hbond substituents is 2. The number of rotatable bonds is 15. The van der Waals surface area contributed by atoms with E-state index < -0.39 is 0 Å². The van der Waals surface area contributed by atoms with Gasteiger partial charge in [-0.2, -0.15) is 5.26 Å². The van der Waals surface area contributed by atoms with Crippen LogP contribution in [-0.2, 0) is 25.9 Å². The molecule has 0 unspecified atom stereocenters. The van der Waals surface area contributed by atoms with Crippen molar-refractivity contribution in [2.75, 3.05) is 39.3 Å². The topological polar surface area (TPSA) is 146 Å². The fraction of sp³-hybridized carbons (Fsp3) is 0.273. The van der Waals surface area contributed by atoms with Crippen LogP contribution in [0.15, 0.2) is 133 Å². The molecule has 6 aromatic rings. The minimum atomic E-state index is -0.0594. The number of nitriles is 1. The SMILES string of the molecule is CC(=O)c1ccc(-c2ccc(C(=O)NCCCCN3CCc4ccc(O)cc4C3)cc2)cc1.N#Cc1ccc(-c2ccc(C(=O)NCCCCN3CCc4ccc(O)cc4C3)cc2)cc1. The molecule has 8 rings (SSSR count). The van der Waals surface area contributed by atoms with Gasteiger partial charge in [0.25, 0.3) is 11.8 Å². The van der Waals surface area contributed by atoms with Gasteiger partial charge in [0.15, 0.2) is 5.78 Å². The molecule has 65 heavy (non-hydrogen) atoms. The first-order valence-electron chi connectivity index (χ1n) is 22.6. The van der Waals surface area contributed by atoms with Gasteiger partial charge in [-0.3, -0.25) is 24.2 Å². The Kier molecular flexibility index (Phi) is 15.9. The van der Waals surface area contributed by atoms with E-state index in [2.05, 4.69) is 26.5 Å². The fourth-order valence-electron chi connectivity index (χ4n) is 8.38. The summed E-state index contributed by atoms with van der Waals surface area (Å²) in [4.78, 5) is 41.1. The first kappa shape index (κ1) is 45.9. The molecule has 10 heteroatoms. The van der Waals surface area contributed by atoms with Crippen LogP contribution in [-0.4, -0.2) is 76.9 Å². The number of carbonyl (C=O) groups excluding carboxylic acids is 3. The Morgan fingerprint density at radius 2 is 0.908 bits per heavy atom. The number of fused-ring (bicyclic) bond motifs is 2. The smallest absolute Gasteiger partial charge is 0.251 e. The summed E-state index contributed by atoms with van der Waals surface area (Å²) in [5.74, 6) is 0.597. The molecule has 6 aromatic carbocycles. The summed E-state index contributed by atoms with van der Waals surface area (Å²) in [6.07, 6.45) is 5.93. The van der Waals surface area contributed by atoms with Crippen molar-refractivity contribution in [3.63, 3.8) is 0 Å². The van der Waals surface area contributed by atoms with E-state index in [9.17, 15) is 24.6 Å². The number of carbonyl (C=O) groups is 3.